The maximum absolute atomic E-state index is 13.3. The predicted octanol–water partition coefficient (Wildman–Crippen LogP) is 2.49. The quantitative estimate of drug-likeness (QED) is 0.899. The molecule has 5 nitrogen and oxygen atoms in total. The van der Waals surface area contributed by atoms with E-state index in [1.165, 1.54) is 6.07 Å². The molecule has 2 rings (SSSR count). The second-order valence-electron chi connectivity index (χ2n) is 4.56. The Kier molecular flexibility index (Phi) is 4.49. The predicted molar refractivity (Wildman–Crippen MR) is 75.9 cm³/mol. The van der Waals surface area contributed by atoms with Gasteiger partial charge in [0.05, 0.1) is 5.56 Å². The summed E-state index contributed by atoms with van der Waals surface area (Å²) in [7, 11) is 1.70. The van der Waals surface area contributed by atoms with Crippen molar-refractivity contribution < 1.29 is 19.1 Å². The molecule has 1 unspecified atom stereocenters. The van der Waals surface area contributed by atoms with E-state index in [0.29, 0.717) is 0 Å². The maximum atomic E-state index is 13.3. The zero-order valence-electron chi connectivity index (χ0n) is 10.9. The molecule has 1 aliphatic rings. The van der Waals surface area contributed by atoms with Gasteiger partial charge in [0.2, 0.25) is 0 Å². The maximum Gasteiger partial charge on any atom is 0.338 e. The summed E-state index contributed by atoms with van der Waals surface area (Å²) in [5.41, 5.74) is -0.187. The molecule has 0 aromatic heterocycles. The summed E-state index contributed by atoms with van der Waals surface area (Å²) >= 11 is 1.79. The Bertz CT molecular complexity index is 532. The van der Waals surface area contributed by atoms with Crippen molar-refractivity contribution in [1.29, 1.82) is 0 Å². The molecule has 0 spiro atoms. The van der Waals surface area contributed by atoms with Crippen LogP contribution in [0.4, 0.5) is 14.9 Å². The van der Waals surface area contributed by atoms with Gasteiger partial charge < -0.3 is 15.3 Å². The van der Waals surface area contributed by atoms with Crippen LogP contribution in [0.25, 0.3) is 0 Å². The summed E-state index contributed by atoms with van der Waals surface area (Å²) in [6.07, 6.45) is 0.943. The average molecular weight is 298 g/mol. The molecular formula is C13H15FN2O3S. The smallest absolute Gasteiger partial charge is 0.338 e. The second kappa shape index (κ2) is 6.13. The molecule has 2 N–H and O–H groups in total. The van der Waals surface area contributed by atoms with Crippen molar-refractivity contribution in [3.05, 3.63) is 29.6 Å². The highest BCUT2D eigenvalue weighted by molar-refractivity contribution is 7.99. The van der Waals surface area contributed by atoms with Gasteiger partial charge in [-0.05, 0) is 30.4 Å². The van der Waals surface area contributed by atoms with Crippen molar-refractivity contribution in [3.8, 4) is 0 Å². The highest BCUT2D eigenvalue weighted by Gasteiger charge is 2.24. The number of carbonyl (C=O) groups is 2. The lowest BCUT2D eigenvalue weighted by Crippen LogP contribution is -2.39. The van der Waals surface area contributed by atoms with E-state index in [1.54, 1.807) is 23.7 Å². The van der Waals surface area contributed by atoms with Crippen LogP contribution in [-0.4, -0.2) is 46.6 Å². The summed E-state index contributed by atoms with van der Waals surface area (Å²) in [6, 6.07) is 3.36. The van der Waals surface area contributed by atoms with Crippen molar-refractivity contribution >= 4 is 29.4 Å². The van der Waals surface area contributed by atoms with Crippen LogP contribution in [0.2, 0.25) is 0 Å². The molecule has 1 heterocycles. The zero-order valence-corrected chi connectivity index (χ0v) is 11.7. The van der Waals surface area contributed by atoms with Crippen molar-refractivity contribution in [2.75, 3.05) is 23.9 Å². The van der Waals surface area contributed by atoms with Crippen LogP contribution < -0.4 is 5.32 Å². The minimum Gasteiger partial charge on any atom is -0.478 e. The van der Waals surface area contributed by atoms with Gasteiger partial charge in [0.1, 0.15) is 5.82 Å². The second-order valence-corrected chi connectivity index (χ2v) is 5.71. The van der Waals surface area contributed by atoms with Gasteiger partial charge in [-0.2, -0.15) is 11.8 Å². The lowest BCUT2D eigenvalue weighted by molar-refractivity contribution is 0.0692. The van der Waals surface area contributed by atoms with Crippen LogP contribution in [0.5, 0.6) is 0 Å². The third-order valence-electron chi connectivity index (χ3n) is 3.22. The first kappa shape index (κ1) is 14.6. The van der Waals surface area contributed by atoms with E-state index >= 15 is 0 Å². The largest absolute Gasteiger partial charge is 0.478 e. The molecule has 0 aliphatic carbocycles. The first-order chi connectivity index (χ1) is 9.49. The first-order valence-electron chi connectivity index (χ1n) is 6.13. The van der Waals surface area contributed by atoms with Gasteiger partial charge >= 0.3 is 12.0 Å². The lowest BCUT2D eigenvalue weighted by Gasteiger charge is -2.24. The standard InChI is InChI=1S/C13H15FN2O3S/c1-16(9-4-5-20-7-9)13(19)15-8-2-3-11(14)10(6-8)12(17)18/h2-3,6,9H,4-5,7H2,1H3,(H,15,19)(H,17,18). The highest BCUT2D eigenvalue weighted by Crippen LogP contribution is 2.22. The Morgan fingerprint density at radius 1 is 1.50 bits per heavy atom. The number of nitrogens with zero attached hydrogens (tertiary/aromatic N) is 1. The fourth-order valence-electron chi connectivity index (χ4n) is 1.97. The molecule has 0 saturated carbocycles. The number of carbonyl (C=O) groups excluding carboxylic acids is 1. The fourth-order valence-corrected chi connectivity index (χ4v) is 3.24. The molecule has 108 valence electrons. The molecule has 1 aromatic carbocycles. The Morgan fingerprint density at radius 2 is 2.25 bits per heavy atom. The van der Waals surface area contributed by atoms with Crippen molar-refractivity contribution in [2.45, 2.75) is 12.5 Å². The van der Waals surface area contributed by atoms with Gasteiger partial charge in [-0.1, -0.05) is 0 Å². The van der Waals surface area contributed by atoms with Gasteiger partial charge in [0, 0.05) is 24.5 Å². The van der Waals surface area contributed by atoms with Gasteiger partial charge in [-0.25, -0.2) is 14.0 Å². The summed E-state index contributed by atoms with van der Waals surface area (Å²) in [5, 5.41) is 11.4. The number of hydrogen-bond donors (Lipinski definition) is 2. The highest BCUT2D eigenvalue weighted by atomic mass is 32.2. The molecule has 1 aliphatic heterocycles. The average Bonchev–Trinajstić information content (AvgIpc) is 2.93. The molecule has 1 aromatic rings. The number of halogens is 1. The normalized spacial score (nSPS) is 17.8. The number of anilines is 1. The molecule has 2 amide bonds. The Balaban J connectivity index is 2.07. The molecule has 1 fully saturated rings. The summed E-state index contributed by atoms with van der Waals surface area (Å²) in [4.78, 5) is 24.5. The first-order valence-corrected chi connectivity index (χ1v) is 7.29. The SMILES string of the molecule is CN(C(=O)Nc1ccc(F)c(C(=O)O)c1)C1CCSC1. The third kappa shape index (κ3) is 3.22. The molecule has 0 radical (unpaired) electrons. The summed E-state index contributed by atoms with van der Waals surface area (Å²) in [6.45, 7) is 0. The zero-order chi connectivity index (χ0) is 14.7. The third-order valence-corrected chi connectivity index (χ3v) is 4.37. The van der Waals surface area contributed by atoms with Crippen molar-refractivity contribution in [1.82, 2.24) is 4.90 Å². The van der Waals surface area contributed by atoms with Crippen LogP contribution in [-0.2, 0) is 0 Å². The van der Waals surface area contributed by atoms with Gasteiger partial charge in [0.15, 0.2) is 0 Å². The van der Waals surface area contributed by atoms with Crippen LogP contribution in [0.3, 0.4) is 0 Å². The topological polar surface area (TPSA) is 69.6 Å². The number of rotatable bonds is 3. The molecule has 0 bridgehead atoms. The number of carboxylic acid groups (broad SMARTS) is 1. The van der Waals surface area contributed by atoms with Gasteiger partial charge in [0.25, 0.3) is 0 Å². The van der Waals surface area contributed by atoms with E-state index < -0.39 is 17.3 Å². The number of benzene rings is 1. The summed E-state index contributed by atoms with van der Waals surface area (Å²) < 4.78 is 13.3. The van der Waals surface area contributed by atoms with E-state index in [2.05, 4.69) is 5.32 Å². The van der Waals surface area contributed by atoms with E-state index in [9.17, 15) is 14.0 Å². The van der Waals surface area contributed by atoms with E-state index in [1.807, 2.05) is 0 Å². The van der Waals surface area contributed by atoms with Gasteiger partial charge in [-0.15, -0.1) is 0 Å². The van der Waals surface area contributed by atoms with E-state index in [-0.39, 0.29) is 17.8 Å². The van der Waals surface area contributed by atoms with Crippen molar-refractivity contribution in [2.24, 2.45) is 0 Å². The van der Waals surface area contributed by atoms with Crippen LogP contribution in [0.15, 0.2) is 18.2 Å². The number of thioether (sulfide) groups is 1. The number of nitrogens with one attached hydrogen (secondary N) is 1. The minimum absolute atomic E-state index is 0.180. The lowest BCUT2D eigenvalue weighted by atomic mass is 10.2. The van der Waals surface area contributed by atoms with E-state index in [0.717, 1.165) is 30.1 Å². The van der Waals surface area contributed by atoms with Crippen molar-refractivity contribution in [3.63, 3.8) is 0 Å². The fraction of sp³-hybridized carbons (Fsp3) is 0.385. The number of aromatic carboxylic acids is 1. The monoisotopic (exact) mass is 298 g/mol. The number of hydrogen-bond acceptors (Lipinski definition) is 3. The Labute approximate surface area is 120 Å². The Hall–Kier alpha value is -1.76. The number of urea groups is 1. The minimum atomic E-state index is -1.36. The molecule has 7 heteroatoms. The molecule has 1 saturated heterocycles. The Morgan fingerprint density at radius 3 is 2.85 bits per heavy atom. The summed E-state index contributed by atoms with van der Waals surface area (Å²) in [5.74, 6) is -0.259. The molecule has 1 atom stereocenters. The van der Waals surface area contributed by atoms with Crippen LogP contribution >= 0.6 is 11.8 Å². The number of amides is 2. The molecular weight excluding hydrogens is 283 g/mol. The number of carboxylic acids is 1. The van der Waals surface area contributed by atoms with E-state index in [4.69, 9.17) is 5.11 Å². The van der Waals surface area contributed by atoms with Gasteiger partial charge in [-0.3, -0.25) is 0 Å². The van der Waals surface area contributed by atoms with Crippen LogP contribution in [0.1, 0.15) is 16.8 Å². The molecule has 20 heavy (non-hydrogen) atoms. The van der Waals surface area contributed by atoms with Crippen LogP contribution in [0, 0.1) is 5.82 Å².